The molecule has 74 valence electrons. The Morgan fingerprint density at radius 3 is 2.54 bits per heavy atom. The Kier molecular flexibility index (Phi) is 3.42. The molecule has 13 heavy (non-hydrogen) atoms. The molecule has 0 aromatic heterocycles. The lowest BCUT2D eigenvalue weighted by Gasteiger charge is -2.30. The summed E-state index contributed by atoms with van der Waals surface area (Å²) in [5.74, 6) is 0.111. The zero-order valence-electron chi connectivity index (χ0n) is 8.17. The van der Waals surface area contributed by atoms with Crippen molar-refractivity contribution in [3.8, 4) is 0 Å². The van der Waals surface area contributed by atoms with Gasteiger partial charge in [0.05, 0.1) is 12.6 Å². The first-order valence-electron chi connectivity index (χ1n) is 4.72. The number of carbonyl (C=O) groups excluding carboxylic acids is 2. The number of nitrogens with zero attached hydrogens (tertiary/aromatic N) is 1. The number of Topliss-reactive ketones (excluding diaryl/α,β-unsaturated/α-hetero) is 1. The average molecular weight is 184 g/mol. The molecule has 1 N–H and O–H groups in total. The van der Waals surface area contributed by atoms with Crippen molar-refractivity contribution in [1.29, 1.82) is 0 Å². The van der Waals surface area contributed by atoms with Gasteiger partial charge in [0.25, 0.3) is 0 Å². The normalized spacial score (nSPS) is 23.5. The van der Waals surface area contributed by atoms with E-state index in [1.165, 1.54) is 0 Å². The fourth-order valence-corrected chi connectivity index (χ4v) is 1.66. The van der Waals surface area contributed by atoms with Crippen molar-refractivity contribution in [1.82, 2.24) is 10.2 Å². The molecule has 1 rings (SSSR count). The molecule has 0 spiro atoms. The van der Waals surface area contributed by atoms with Crippen molar-refractivity contribution >= 4 is 11.7 Å². The molecule has 0 bridgehead atoms. The maximum absolute atomic E-state index is 11.4. The van der Waals surface area contributed by atoms with Crippen LogP contribution in [0.5, 0.6) is 0 Å². The van der Waals surface area contributed by atoms with Gasteiger partial charge in [0.2, 0.25) is 5.91 Å². The average Bonchev–Trinajstić information content (AvgIpc) is 2.13. The van der Waals surface area contributed by atoms with Gasteiger partial charge in [-0.1, -0.05) is 13.8 Å². The van der Waals surface area contributed by atoms with Crippen LogP contribution in [-0.2, 0) is 9.59 Å². The quantitative estimate of drug-likeness (QED) is 0.660. The smallest absolute Gasteiger partial charge is 0.222 e. The van der Waals surface area contributed by atoms with E-state index in [-0.39, 0.29) is 24.3 Å². The summed E-state index contributed by atoms with van der Waals surface area (Å²) in [6.45, 7) is 5.84. The first-order chi connectivity index (χ1) is 6.19. The number of rotatable bonds is 3. The molecule has 1 amide bonds. The molecular weight excluding hydrogens is 168 g/mol. The van der Waals surface area contributed by atoms with Gasteiger partial charge in [0.1, 0.15) is 0 Å². The van der Waals surface area contributed by atoms with E-state index in [0.717, 1.165) is 13.1 Å². The first-order valence-corrected chi connectivity index (χ1v) is 4.72. The van der Waals surface area contributed by atoms with E-state index in [1.54, 1.807) is 0 Å². The largest absolute Gasteiger partial charge is 0.349 e. The molecule has 1 fully saturated rings. The number of likely N-dealkylation sites (N-methyl/N-ethyl adjacent to an activating group) is 1. The van der Waals surface area contributed by atoms with E-state index < -0.39 is 0 Å². The molecule has 1 atom stereocenters. The summed E-state index contributed by atoms with van der Waals surface area (Å²) >= 11 is 0. The van der Waals surface area contributed by atoms with Crippen LogP contribution in [0.25, 0.3) is 0 Å². The summed E-state index contributed by atoms with van der Waals surface area (Å²) < 4.78 is 0. The van der Waals surface area contributed by atoms with Gasteiger partial charge in [-0.3, -0.25) is 14.5 Å². The van der Waals surface area contributed by atoms with Gasteiger partial charge in [-0.05, 0) is 13.1 Å². The van der Waals surface area contributed by atoms with Gasteiger partial charge >= 0.3 is 0 Å². The molecule has 0 aliphatic carbocycles. The third-order valence-electron chi connectivity index (χ3n) is 2.46. The second kappa shape index (κ2) is 4.37. The molecule has 4 heteroatoms. The monoisotopic (exact) mass is 184 g/mol. The molecule has 1 saturated heterocycles. The third-order valence-corrected chi connectivity index (χ3v) is 2.46. The van der Waals surface area contributed by atoms with E-state index in [9.17, 15) is 9.59 Å². The van der Waals surface area contributed by atoms with Crippen molar-refractivity contribution in [2.75, 3.05) is 19.6 Å². The zero-order valence-corrected chi connectivity index (χ0v) is 8.17. The summed E-state index contributed by atoms with van der Waals surface area (Å²) in [4.78, 5) is 24.5. The minimum atomic E-state index is -0.191. The Hall–Kier alpha value is -0.900. The lowest BCUT2D eigenvalue weighted by atomic mass is 10.0. The molecule has 1 aliphatic heterocycles. The van der Waals surface area contributed by atoms with Crippen LogP contribution in [0.2, 0.25) is 0 Å². The molecule has 1 heterocycles. The maximum atomic E-state index is 11.4. The van der Waals surface area contributed by atoms with Gasteiger partial charge in [-0.15, -0.1) is 0 Å². The van der Waals surface area contributed by atoms with Crippen LogP contribution in [0, 0.1) is 0 Å². The molecule has 4 nitrogen and oxygen atoms in total. The van der Waals surface area contributed by atoms with Crippen LogP contribution < -0.4 is 5.32 Å². The highest BCUT2D eigenvalue weighted by Crippen LogP contribution is 2.08. The number of piperidine rings is 1. The Morgan fingerprint density at radius 2 is 2.00 bits per heavy atom. The van der Waals surface area contributed by atoms with Crippen LogP contribution in [0.1, 0.15) is 20.3 Å². The number of hydrogen-bond donors (Lipinski definition) is 1. The summed E-state index contributed by atoms with van der Waals surface area (Å²) in [7, 11) is 0. The zero-order chi connectivity index (χ0) is 9.84. The van der Waals surface area contributed by atoms with Crippen LogP contribution >= 0.6 is 0 Å². The minimum Gasteiger partial charge on any atom is -0.349 e. The highest BCUT2D eigenvalue weighted by Gasteiger charge is 2.30. The van der Waals surface area contributed by atoms with Crippen LogP contribution in [0.3, 0.4) is 0 Å². The first kappa shape index (κ1) is 10.2. The highest BCUT2D eigenvalue weighted by atomic mass is 16.2. The summed E-state index contributed by atoms with van der Waals surface area (Å²) in [6.07, 6.45) is 0.320. The Bertz CT molecular complexity index is 212. The Morgan fingerprint density at radius 1 is 1.38 bits per heavy atom. The van der Waals surface area contributed by atoms with Crippen molar-refractivity contribution in [2.45, 2.75) is 26.3 Å². The van der Waals surface area contributed by atoms with Crippen molar-refractivity contribution in [3.63, 3.8) is 0 Å². The number of amides is 1. The van der Waals surface area contributed by atoms with Crippen LogP contribution in [0.4, 0.5) is 0 Å². The molecule has 0 saturated carbocycles. The summed E-state index contributed by atoms with van der Waals surface area (Å²) in [5, 5.41) is 2.55. The predicted octanol–water partition coefficient (Wildman–Crippen LogP) is -0.214. The third kappa shape index (κ3) is 2.28. The number of ketones is 1. The Balaban J connectivity index is 2.63. The van der Waals surface area contributed by atoms with Crippen LogP contribution in [-0.4, -0.2) is 42.3 Å². The van der Waals surface area contributed by atoms with Gasteiger partial charge in [0, 0.05) is 6.42 Å². The lowest BCUT2D eigenvalue weighted by molar-refractivity contribution is -0.134. The Labute approximate surface area is 78.3 Å². The molecule has 0 radical (unpaired) electrons. The van der Waals surface area contributed by atoms with Gasteiger partial charge in [-0.2, -0.15) is 0 Å². The van der Waals surface area contributed by atoms with Crippen molar-refractivity contribution < 1.29 is 9.59 Å². The topological polar surface area (TPSA) is 49.4 Å². The van der Waals surface area contributed by atoms with E-state index in [0.29, 0.717) is 6.42 Å². The fourth-order valence-electron chi connectivity index (χ4n) is 1.66. The van der Waals surface area contributed by atoms with Crippen molar-refractivity contribution in [3.05, 3.63) is 0 Å². The maximum Gasteiger partial charge on any atom is 0.222 e. The molecule has 0 unspecified atom stereocenters. The van der Waals surface area contributed by atoms with Gasteiger partial charge in [-0.25, -0.2) is 0 Å². The lowest BCUT2D eigenvalue weighted by Crippen LogP contribution is -2.52. The second-order valence-electron chi connectivity index (χ2n) is 3.18. The van der Waals surface area contributed by atoms with Gasteiger partial charge in [0.15, 0.2) is 5.78 Å². The minimum absolute atomic E-state index is 0.0171. The SMILES string of the molecule is CCN(CC)[C@@H]1CC(=O)NCC1=O. The van der Waals surface area contributed by atoms with E-state index in [1.807, 2.05) is 18.7 Å². The van der Waals surface area contributed by atoms with E-state index >= 15 is 0 Å². The fraction of sp³-hybridized carbons (Fsp3) is 0.778. The predicted molar refractivity (Wildman–Crippen MR) is 49.3 cm³/mol. The number of carbonyl (C=O) groups is 2. The second-order valence-corrected chi connectivity index (χ2v) is 3.18. The highest BCUT2D eigenvalue weighted by molar-refractivity contribution is 5.96. The number of nitrogens with one attached hydrogen (secondary N) is 1. The molecular formula is C9H16N2O2. The standard InChI is InChI=1S/C9H16N2O2/c1-3-11(4-2)7-5-9(13)10-6-8(7)12/h7H,3-6H2,1-2H3,(H,10,13)/t7-/m1/s1. The van der Waals surface area contributed by atoms with E-state index in [4.69, 9.17) is 0 Å². The molecule has 0 aromatic rings. The number of hydrogen-bond acceptors (Lipinski definition) is 3. The van der Waals surface area contributed by atoms with Crippen LogP contribution in [0.15, 0.2) is 0 Å². The summed E-state index contributed by atoms with van der Waals surface area (Å²) in [5.41, 5.74) is 0. The molecule has 1 aliphatic rings. The van der Waals surface area contributed by atoms with Crippen molar-refractivity contribution in [2.24, 2.45) is 0 Å². The van der Waals surface area contributed by atoms with E-state index in [2.05, 4.69) is 5.32 Å². The molecule has 0 aromatic carbocycles. The van der Waals surface area contributed by atoms with Gasteiger partial charge < -0.3 is 5.32 Å². The summed E-state index contributed by atoms with van der Waals surface area (Å²) in [6, 6.07) is -0.191.